The highest BCUT2D eigenvalue weighted by Crippen LogP contribution is 2.25. The van der Waals surface area contributed by atoms with Crippen LogP contribution in [-0.4, -0.2) is 39.4 Å². The zero-order chi connectivity index (χ0) is 15.4. The molecule has 0 heterocycles. The molecular weight excluding hydrogens is 288 g/mol. The maximum atomic E-state index is 12.2. The Bertz CT molecular complexity index is 559. The Labute approximate surface area is 119 Å². The van der Waals surface area contributed by atoms with E-state index in [1.165, 1.54) is 12.1 Å². The smallest absolute Gasteiger partial charge is 0.323 e. The number of halogens is 1. The van der Waals surface area contributed by atoms with Gasteiger partial charge in [0.15, 0.2) is 0 Å². The molecule has 0 fully saturated rings. The fourth-order valence-corrected chi connectivity index (χ4v) is 1.84. The van der Waals surface area contributed by atoms with Crippen LogP contribution < -0.4 is 0 Å². The number of rotatable bonds is 5. The van der Waals surface area contributed by atoms with Crippen LogP contribution in [0.1, 0.15) is 24.2 Å². The largest absolute Gasteiger partial charge is 0.480 e. The van der Waals surface area contributed by atoms with Gasteiger partial charge >= 0.3 is 5.97 Å². The summed E-state index contributed by atoms with van der Waals surface area (Å²) in [7, 11) is 0. The lowest BCUT2D eigenvalue weighted by Crippen LogP contribution is -2.40. The Kier molecular flexibility index (Phi) is 5.04. The van der Waals surface area contributed by atoms with Gasteiger partial charge in [-0.25, -0.2) is 0 Å². The van der Waals surface area contributed by atoms with Crippen molar-refractivity contribution >= 4 is 29.2 Å². The van der Waals surface area contributed by atoms with Crippen LogP contribution in [0.3, 0.4) is 0 Å². The summed E-state index contributed by atoms with van der Waals surface area (Å²) in [5.41, 5.74) is -0.201. The van der Waals surface area contributed by atoms with Gasteiger partial charge in [0.1, 0.15) is 11.6 Å². The number of amides is 1. The fourth-order valence-electron chi connectivity index (χ4n) is 1.59. The van der Waals surface area contributed by atoms with Crippen molar-refractivity contribution in [3.63, 3.8) is 0 Å². The Balaban J connectivity index is 3.09. The highest BCUT2D eigenvalue weighted by atomic mass is 35.5. The van der Waals surface area contributed by atoms with E-state index in [0.717, 1.165) is 11.0 Å². The second kappa shape index (κ2) is 6.33. The standard InChI is InChI=1S/C12H13ClN2O5/c1-7(2)14(6-11(16)17)12(18)8-3-4-10(15(19)20)9(13)5-8/h3-5,7H,6H2,1-2H3,(H,16,17). The summed E-state index contributed by atoms with van der Waals surface area (Å²) in [6.07, 6.45) is 0. The molecule has 20 heavy (non-hydrogen) atoms. The van der Waals surface area contributed by atoms with E-state index < -0.39 is 23.3 Å². The van der Waals surface area contributed by atoms with Crippen molar-refractivity contribution < 1.29 is 19.6 Å². The minimum Gasteiger partial charge on any atom is -0.480 e. The number of hydrogen-bond acceptors (Lipinski definition) is 4. The molecular formula is C12H13ClN2O5. The number of carbonyl (C=O) groups excluding carboxylic acids is 1. The van der Waals surface area contributed by atoms with Gasteiger partial charge in [-0.15, -0.1) is 0 Å². The van der Waals surface area contributed by atoms with Gasteiger partial charge < -0.3 is 10.0 Å². The first-order valence-electron chi connectivity index (χ1n) is 5.70. The third kappa shape index (κ3) is 3.67. The number of carboxylic acid groups (broad SMARTS) is 1. The van der Waals surface area contributed by atoms with Crippen LogP contribution in [0.2, 0.25) is 5.02 Å². The first-order chi connectivity index (χ1) is 9.23. The zero-order valence-corrected chi connectivity index (χ0v) is 11.6. The maximum absolute atomic E-state index is 12.2. The number of hydrogen-bond donors (Lipinski definition) is 1. The van der Waals surface area contributed by atoms with Crippen LogP contribution in [-0.2, 0) is 4.79 Å². The predicted molar refractivity (Wildman–Crippen MR) is 71.9 cm³/mol. The van der Waals surface area contributed by atoms with Crippen molar-refractivity contribution in [3.05, 3.63) is 38.9 Å². The van der Waals surface area contributed by atoms with Crippen molar-refractivity contribution in [1.82, 2.24) is 4.90 Å². The van der Waals surface area contributed by atoms with E-state index in [0.29, 0.717) is 0 Å². The molecule has 0 saturated heterocycles. The molecule has 108 valence electrons. The van der Waals surface area contributed by atoms with Gasteiger partial charge in [-0.2, -0.15) is 0 Å². The average molecular weight is 301 g/mol. The number of nitro benzene ring substituents is 1. The van der Waals surface area contributed by atoms with Crippen molar-refractivity contribution in [2.75, 3.05) is 6.54 Å². The molecule has 0 bridgehead atoms. The Morgan fingerprint density at radius 2 is 2.05 bits per heavy atom. The second-order valence-electron chi connectivity index (χ2n) is 4.34. The van der Waals surface area contributed by atoms with Gasteiger partial charge in [-0.05, 0) is 26.0 Å². The lowest BCUT2D eigenvalue weighted by molar-refractivity contribution is -0.384. The summed E-state index contributed by atoms with van der Waals surface area (Å²) in [6, 6.07) is 3.21. The Hall–Kier alpha value is -2.15. The molecule has 7 nitrogen and oxygen atoms in total. The summed E-state index contributed by atoms with van der Waals surface area (Å²) in [5, 5.41) is 19.3. The highest BCUT2D eigenvalue weighted by Gasteiger charge is 2.23. The molecule has 0 aliphatic heterocycles. The average Bonchev–Trinajstić information content (AvgIpc) is 2.34. The summed E-state index contributed by atoms with van der Waals surface area (Å²) < 4.78 is 0. The van der Waals surface area contributed by atoms with Gasteiger partial charge in [0.05, 0.1) is 4.92 Å². The summed E-state index contributed by atoms with van der Waals surface area (Å²) in [5.74, 6) is -1.68. The van der Waals surface area contributed by atoms with E-state index in [9.17, 15) is 19.7 Å². The molecule has 1 N–H and O–H groups in total. The molecule has 0 atom stereocenters. The van der Waals surface area contributed by atoms with Gasteiger partial charge in [0.2, 0.25) is 0 Å². The molecule has 1 aromatic carbocycles. The lowest BCUT2D eigenvalue weighted by atomic mass is 10.1. The van der Waals surface area contributed by atoms with E-state index >= 15 is 0 Å². The van der Waals surface area contributed by atoms with Crippen molar-refractivity contribution in [3.8, 4) is 0 Å². The third-order valence-corrected chi connectivity index (χ3v) is 2.88. The van der Waals surface area contributed by atoms with Crippen molar-refractivity contribution in [2.45, 2.75) is 19.9 Å². The molecule has 0 radical (unpaired) electrons. The summed E-state index contributed by atoms with van der Waals surface area (Å²) in [4.78, 5) is 34.1. The van der Waals surface area contributed by atoms with Crippen molar-refractivity contribution in [1.29, 1.82) is 0 Å². The number of carboxylic acids is 1. The zero-order valence-electron chi connectivity index (χ0n) is 10.9. The fraction of sp³-hybridized carbons (Fsp3) is 0.333. The quantitative estimate of drug-likeness (QED) is 0.663. The van der Waals surface area contributed by atoms with E-state index in [-0.39, 0.29) is 22.3 Å². The third-order valence-electron chi connectivity index (χ3n) is 2.58. The van der Waals surface area contributed by atoms with Crippen LogP contribution in [0.15, 0.2) is 18.2 Å². The van der Waals surface area contributed by atoms with Crippen molar-refractivity contribution in [2.24, 2.45) is 0 Å². The van der Waals surface area contributed by atoms with E-state index in [1.54, 1.807) is 13.8 Å². The molecule has 8 heteroatoms. The number of aliphatic carboxylic acids is 1. The Morgan fingerprint density at radius 3 is 2.45 bits per heavy atom. The molecule has 0 aliphatic carbocycles. The minimum absolute atomic E-state index is 0.107. The van der Waals surface area contributed by atoms with Gasteiger partial charge in [0, 0.05) is 17.7 Å². The van der Waals surface area contributed by atoms with E-state index in [2.05, 4.69) is 0 Å². The van der Waals surface area contributed by atoms with Crippen LogP contribution in [0.5, 0.6) is 0 Å². The van der Waals surface area contributed by atoms with Crippen LogP contribution in [0.25, 0.3) is 0 Å². The first kappa shape index (κ1) is 15.9. The van der Waals surface area contributed by atoms with Crippen LogP contribution >= 0.6 is 11.6 Å². The van der Waals surface area contributed by atoms with Crippen LogP contribution in [0.4, 0.5) is 5.69 Å². The maximum Gasteiger partial charge on any atom is 0.323 e. The lowest BCUT2D eigenvalue weighted by Gasteiger charge is -2.24. The normalized spacial score (nSPS) is 10.4. The molecule has 0 aliphatic rings. The molecule has 0 spiro atoms. The Morgan fingerprint density at radius 1 is 1.45 bits per heavy atom. The van der Waals surface area contributed by atoms with Gasteiger partial charge in [0.25, 0.3) is 11.6 Å². The number of carbonyl (C=O) groups is 2. The second-order valence-corrected chi connectivity index (χ2v) is 4.75. The predicted octanol–water partition coefficient (Wildman–Crippen LogP) is 2.18. The first-order valence-corrected chi connectivity index (χ1v) is 6.08. The highest BCUT2D eigenvalue weighted by molar-refractivity contribution is 6.33. The molecule has 1 aromatic rings. The van der Waals surface area contributed by atoms with E-state index in [1.807, 2.05) is 0 Å². The monoisotopic (exact) mass is 300 g/mol. The SMILES string of the molecule is CC(C)N(CC(=O)O)C(=O)c1ccc([N+](=O)[O-])c(Cl)c1. The summed E-state index contributed by atoms with van der Waals surface area (Å²) in [6.45, 7) is 2.90. The summed E-state index contributed by atoms with van der Waals surface area (Å²) >= 11 is 5.73. The number of benzene rings is 1. The van der Waals surface area contributed by atoms with E-state index in [4.69, 9.17) is 16.7 Å². The minimum atomic E-state index is -1.14. The molecule has 0 aromatic heterocycles. The number of nitrogens with zero attached hydrogens (tertiary/aromatic N) is 2. The van der Waals surface area contributed by atoms with Crippen LogP contribution in [0, 0.1) is 10.1 Å². The van der Waals surface area contributed by atoms with Gasteiger partial charge in [-0.1, -0.05) is 11.6 Å². The number of nitro groups is 1. The van der Waals surface area contributed by atoms with Gasteiger partial charge in [-0.3, -0.25) is 19.7 Å². The molecule has 1 amide bonds. The molecule has 0 unspecified atom stereocenters. The molecule has 1 rings (SSSR count). The molecule has 0 saturated carbocycles. The topological polar surface area (TPSA) is 101 Å².